The third-order valence-electron chi connectivity index (χ3n) is 5.24. The molecule has 0 aromatic heterocycles. The first-order chi connectivity index (χ1) is 11.2. The van der Waals surface area contributed by atoms with Crippen LogP contribution in [0.25, 0.3) is 0 Å². The Labute approximate surface area is 162 Å². The van der Waals surface area contributed by atoms with Crippen LogP contribution in [0.2, 0.25) is 0 Å². The van der Waals surface area contributed by atoms with E-state index in [0.29, 0.717) is 0 Å². The van der Waals surface area contributed by atoms with E-state index in [2.05, 4.69) is 46.8 Å². The number of hydrogen-bond acceptors (Lipinski definition) is 2. The summed E-state index contributed by atoms with van der Waals surface area (Å²) in [4.78, 5) is 4.38. The molecule has 4 nitrogen and oxygen atoms in total. The van der Waals surface area contributed by atoms with E-state index in [1.807, 2.05) is 7.05 Å². The Morgan fingerprint density at radius 2 is 1.92 bits per heavy atom. The van der Waals surface area contributed by atoms with E-state index in [9.17, 15) is 0 Å². The zero-order valence-electron chi connectivity index (χ0n) is 14.8. The molecule has 24 heavy (non-hydrogen) atoms. The fourth-order valence-electron chi connectivity index (χ4n) is 3.51. The molecule has 1 aromatic rings. The van der Waals surface area contributed by atoms with Crippen molar-refractivity contribution in [2.24, 2.45) is 10.9 Å². The summed E-state index contributed by atoms with van der Waals surface area (Å²) in [6.07, 6.45) is 4.83. The number of aliphatic imine (C=N–C) groups is 1. The molecule has 1 aliphatic heterocycles. The van der Waals surface area contributed by atoms with Crippen LogP contribution in [-0.4, -0.2) is 39.3 Å². The van der Waals surface area contributed by atoms with Crippen LogP contribution in [0.1, 0.15) is 36.8 Å². The number of halogens is 1. The second-order valence-corrected chi connectivity index (χ2v) is 6.96. The number of ether oxygens (including phenoxy) is 1. The Morgan fingerprint density at radius 1 is 1.21 bits per heavy atom. The Balaban J connectivity index is 0.00000208. The lowest BCUT2D eigenvalue weighted by Crippen LogP contribution is -2.48. The van der Waals surface area contributed by atoms with Crippen LogP contribution >= 0.6 is 24.0 Å². The summed E-state index contributed by atoms with van der Waals surface area (Å²) in [6.45, 7) is 5.84. The minimum absolute atomic E-state index is 0. The molecule has 3 rings (SSSR count). The van der Waals surface area contributed by atoms with Crippen molar-refractivity contribution in [2.45, 2.75) is 38.0 Å². The SMILES string of the molecule is CN=C(NCC1CC1)NCC1(c2ccccc2C)CCOCC1.I. The summed E-state index contributed by atoms with van der Waals surface area (Å²) < 4.78 is 5.63. The lowest BCUT2D eigenvalue weighted by molar-refractivity contribution is 0.0512. The molecule has 5 heteroatoms. The van der Waals surface area contributed by atoms with E-state index >= 15 is 0 Å². The minimum atomic E-state index is 0. The molecule has 0 atom stereocenters. The summed E-state index contributed by atoms with van der Waals surface area (Å²) in [6, 6.07) is 8.77. The van der Waals surface area contributed by atoms with Gasteiger partial charge in [-0.2, -0.15) is 0 Å². The van der Waals surface area contributed by atoms with Crippen molar-refractivity contribution in [3.05, 3.63) is 35.4 Å². The first-order valence-electron chi connectivity index (χ1n) is 8.82. The maximum atomic E-state index is 5.63. The van der Waals surface area contributed by atoms with E-state index < -0.39 is 0 Å². The molecule has 1 saturated carbocycles. The van der Waals surface area contributed by atoms with Gasteiger partial charge in [-0.1, -0.05) is 24.3 Å². The van der Waals surface area contributed by atoms with E-state index in [0.717, 1.165) is 51.0 Å². The molecule has 0 unspecified atom stereocenters. The van der Waals surface area contributed by atoms with Crippen LogP contribution in [0.15, 0.2) is 29.3 Å². The highest BCUT2D eigenvalue weighted by atomic mass is 127. The molecular weight excluding hydrogens is 413 g/mol. The molecular formula is C19H30IN3O. The van der Waals surface area contributed by atoms with Crippen molar-refractivity contribution in [1.29, 1.82) is 0 Å². The molecule has 134 valence electrons. The molecule has 2 fully saturated rings. The van der Waals surface area contributed by atoms with Crippen molar-refractivity contribution in [2.75, 3.05) is 33.4 Å². The summed E-state index contributed by atoms with van der Waals surface area (Å²) in [5, 5.41) is 7.03. The first kappa shape index (κ1) is 19.5. The first-order valence-corrected chi connectivity index (χ1v) is 8.82. The largest absolute Gasteiger partial charge is 0.381 e. The Kier molecular flexibility index (Phi) is 7.34. The highest BCUT2D eigenvalue weighted by molar-refractivity contribution is 14.0. The van der Waals surface area contributed by atoms with Crippen molar-refractivity contribution in [3.63, 3.8) is 0 Å². The van der Waals surface area contributed by atoms with E-state index in [-0.39, 0.29) is 29.4 Å². The van der Waals surface area contributed by atoms with Crippen molar-refractivity contribution < 1.29 is 4.74 Å². The summed E-state index contributed by atoms with van der Waals surface area (Å²) in [5.74, 6) is 1.78. The van der Waals surface area contributed by atoms with Crippen LogP contribution in [0.4, 0.5) is 0 Å². The molecule has 1 saturated heterocycles. The fraction of sp³-hybridized carbons (Fsp3) is 0.632. The number of benzene rings is 1. The third kappa shape index (κ3) is 4.85. The molecule has 2 N–H and O–H groups in total. The molecule has 1 aliphatic carbocycles. The number of rotatable bonds is 5. The van der Waals surface area contributed by atoms with Gasteiger partial charge in [0.2, 0.25) is 0 Å². The van der Waals surface area contributed by atoms with Crippen LogP contribution in [-0.2, 0) is 10.2 Å². The highest BCUT2D eigenvalue weighted by Crippen LogP contribution is 2.36. The van der Waals surface area contributed by atoms with Crippen LogP contribution < -0.4 is 10.6 Å². The maximum Gasteiger partial charge on any atom is 0.191 e. The van der Waals surface area contributed by atoms with Gasteiger partial charge in [0.15, 0.2) is 5.96 Å². The zero-order valence-corrected chi connectivity index (χ0v) is 17.1. The molecule has 1 heterocycles. The molecule has 0 spiro atoms. The Hall–Kier alpha value is -0.820. The second kappa shape index (κ2) is 9.04. The molecule has 0 bridgehead atoms. The lowest BCUT2D eigenvalue weighted by Gasteiger charge is -2.39. The number of nitrogens with zero attached hydrogens (tertiary/aromatic N) is 1. The van der Waals surface area contributed by atoms with Gasteiger partial charge in [0.25, 0.3) is 0 Å². The monoisotopic (exact) mass is 443 g/mol. The quantitative estimate of drug-likeness (QED) is 0.418. The van der Waals surface area contributed by atoms with Crippen molar-refractivity contribution in [1.82, 2.24) is 10.6 Å². The van der Waals surface area contributed by atoms with Gasteiger partial charge in [-0.05, 0) is 49.7 Å². The maximum absolute atomic E-state index is 5.63. The number of nitrogens with one attached hydrogen (secondary N) is 2. The van der Waals surface area contributed by atoms with Gasteiger partial charge >= 0.3 is 0 Å². The average molecular weight is 443 g/mol. The van der Waals surface area contributed by atoms with Crippen molar-refractivity contribution in [3.8, 4) is 0 Å². The summed E-state index contributed by atoms with van der Waals surface area (Å²) in [7, 11) is 1.85. The molecule has 1 aromatic carbocycles. The highest BCUT2D eigenvalue weighted by Gasteiger charge is 2.35. The van der Waals surface area contributed by atoms with Gasteiger partial charge in [0.05, 0.1) is 0 Å². The zero-order chi connectivity index (χ0) is 16.1. The molecule has 0 amide bonds. The normalized spacial score (nSPS) is 20.2. The van der Waals surface area contributed by atoms with Gasteiger partial charge < -0.3 is 15.4 Å². The van der Waals surface area contributed by atoms with Crippen LogP contribution in [0, 0.1) is 12.8 Å². The number of guanidine groups is 1. The number of hydrogen-bond donors (Lipinski definition) is 2. The van der Waals surface area contributed by atoms with E-state index in [4.69, 9.17) is 4.74 Å². The van der Waals surface area contributed by atoms with Gasteiger partial charge in [-0.25, -0.2) is 0 Å². The standard InChI is InChI=1S/C19H29N3O.HI/c1-15-5-3-4-6-17(15)19(9-11-23-12-10-19)14-22-18(20-2)21-13-16-7-8-16;/h3-6,16H,7-14H2,1-2H3,(H2,20,21,22);1H. The Morgan fingerprint density at radius 3 is 2.54 bits per heavy atom. The van der Waals surface area contributed by atoms with Crippen LogP contribution in [0.3, 0.4) is 0 Å². The lowest BCUT2D eigenvalue weighted by atomic mass is 9.72. The van der Waals surface area contributed by atoms with Crippen LogP contribution in [0.5, 0.6) is 0 Å². The Bertz CT molecular complexity index is 551. The minimum Gasteiger partial charge on any atom is -0.381 e. The predicted octanol–water partition coefficient (Wildman–Crippen LogP) is 3.24. The summed E-state index contributed by atoms with van der Waals surface area (Å²) in [5.41, 5.74) is 2.96. The van der Waals surface area contributed by atoms with Gasteiger partial charge in [0, 0.05) is 38.8 Å². The predicted molar refractivity (Wildman–Crippen MR) is 110 cm³/mol. The van der Waals surface area contributed by atoms with Gasteiger partial charge in [-0.3, -0.25) is 4.99 Å². The topological polar surface area (TPSA) is 45.7 Å². The van der Waals surface area contributed by atoms with E-state index in [1.54, 1.807) is 0 Å². The second-order valence-electron chi connectivity index (χ2n) is 6.96. The number of aryl methyl sites for hydroxylation is 1. The van der Waals surface area contributed by atoms with Gasteiger partial charge in [-0.15, -0.1) is 24.0 Å². The molecule has 0 radical (unpaired) electrons. The van der Waals surface area contributed by atoms with Gasteiger partial charge in [0.1, 0.15) is 0 Å². The third-order valence-corrected chi connectivity index (χ3v) is 5.24. The average Bonchev–Trinajstić information content (AvgIpc) is 3.40. The van der Waals surface area contributed by atoms with Crippen molar-refractivity contribution >= 4 is 29.9 Å². The fourth-order valence-corrected chi connectivity index (χ4v) is 3.51. The van der Waals surface area contributed by atoms with E-state index in [1.165, 1.54) is 24.0 Å². The molecule has 2 aliphatic rings. The summed E-state index contributed by atoms with van der Waals surface area (Å²) >= 11 is 0. The smallest absolute Gasteiger partial charge is 0.191 e.